The van der Waals surface area contributed by atoms with Gasteiger partial charge < -0.3 is 19.9 Å². The molecular weight excluding hydrogens is 474 g/mol. The van der Waals surface area contributed by atoms with Gasteiger partial charge in [0.2, 0.25) is 0 Å². The molecule has 5 rings (SSSR count). The second-order valence-corrected chi connectivity index (χ2v) is 9.39. The van der Waals surface area contributed by atoms with Crippen molar-refractivity contribution in [3.8, 4) is 28.4 Å². The monoisotopic (exact) mass is 497 g/mol. The number of fused-ring (bicyclic) bond motifs is 5. The lowest BCUT2D eigenvalue weighted by Gasteiger charge is -2.35. The number of benzene rings is 3. The van der Waals surface area contributed by atoms with Crippen LogP contribution in [0.25, 0.3) is 28.5 Å². The third kappa shape index (κ3) is 3.77. The first-order chi connectivity index (χ1) is 16.9. The molecule has 0 bridgehead atoms. The van der Waals surface area contributed by atoms with Crippen molar-refractivity contribution in [1.29, 1.82) is 0 Å². The number of methoxy groups -OCH3 is 1. The molecule has 0 spiro atoms. The Morgan fingerprint density at radius 2 is 1.78 bits per heavy atom. The van der Waals surface area contributed by atoms with Gasteiger partial charge in [0, 0.05) is 27.9 Å². The van der Waals surface area contributed by atoms with E-state index in [0.717, 1.165) is 22.9 Å². The summed E-state index contributed by atoms with van der Waals surface area (Å²) in [6, 6.07) is 9.80. The second kappa shape index (κ2) is 8.05. The minimum absolute atomic E-state index is 0.0913. The first-order valence-electron chi connectivity index (χ1n) is 11.2. The maximum atomic E-state index is 15.0. The van der Waals surface area contributed by atoms with Crippen molar-refractivity contribution in [1.82, 2.24) is 0 Å². The predicted octanol–water partition coefficient (Wildman–Crippen LogP) is 7.72. The van der Waals surface area contributed by atoms with Crippen LogP contribution in [-0.4, -0.2) is 17.8 Å². The molecule has 0 radical (unpaired) electrons. The van der Waals surface area contributed by atoms with E-state index in [1.807, 2.05) is 39.0 Å². The van der Waals surface area contributed by atoms with Gasteiger partial charge >= 0.3 is 6.18 Å². The van der Waals surface area contributed by atoms with Gasteiger partial charge in [0.05, 0.1) is 23.8 Å². The average molecular weight is 497 g/mol. The van der Waals surface area contributed by atoms with Gasteiger partial charge in [-0.3, -0.25) is 0 Å². The zero-order valence-corrected chi connectivity index (χ0v) is 20.0. The molecule has 0 aromatic heterocycles. The summed E-state index contributed by atoms with van der Waals surface area (Å²) >= 11 is 0. The first kappa shape index (κ1) is 23.8. The van der Waals surface area contributed by atoms with Gasteiger partial charge in [0.25, 0.3) is 0 Å². The molecule has 0 saturated carbocycles. The normalized spacial score (nSPS) is 16.8. The van der Waals surface area contributed by atoms with Crippen molar-refractivity contribution in [3.05, 3.63) is 76.6 Å². The van der Waals surface area contributed by atoms with E-state index in [9.17, 15) is 22.7 Å². The van der Waals surface area contributed by atoms with Gasteiger partial charge in [-0.1, -0.05) is 24.3 Å². The lowest BCUT2D eigenvalue weighted by Crippen LogP contribution is -2.32. The Labute approximate surface area is 205 Å². The third-order valence-electron chi connectivity index (χ3n) is 6.29. The summed E-state index contributed by atoms with van der Waals surface area (Å²) in [5, 5.41) is 13.9. The number of nitrogens with one attached hydrogen (secondary N) is 1. The van der Waals surface area contributed by atoms with E-state index in [4.69, 9.17) is 9.47 Å². The number of alkyl halides is 3. The fraction of sp³-hybridized carbons (Fsp3) is 0.214. The Balaban J connectivity index is 1.83. The molecule has 186 valence electrons. The van der Waals surface area contributed by atoms with Crippen molar-refractivity contribution in [2.24, 2.45) is 0 Å². The Bertz CT molecular complexity index is 1470. The number of hydrogen-bond donors (Lipinski definition) is 2. The van der Waals surface area contributed by atoms with Gasteiger partial charge in [-0.15, -0.1) is 0 Å². The number of aromatic hydroxyl groups is 1. The topological polar surface area (TPSA) is 50.7 Å². The molecule has 0 amide bonds. The summed E-state index contributed by atoms with van der Waals surface area (Å²) in [6.45, 7) is 5.96. The molecule has 2 heterocycles. The molecule has 0 unspecified atom stereocenters. The smallest absolute Gasteiger partial charge is 0.419 e. The number of rotatable bonds is 2. The van der Waals surface area contributed by atoms with Gasteiger partial charge in [0.15, 0.2) is 11.5 Å². The number of anilines is 1. The number of phenolic OH excluding ortho intramolecular Hbond substituents is 1. The van der Waals surface area contributed by atoms with Crippen LogP contribution in [0.15, 0.2) is 48.5 Å². The molecule has 4 nitrogen and oxygen atoms in total. The summed E-state index contributed by atoms with van der Waals surface area (Å²) in [7, 11) is 1.42. The van der Waals surface area contributed by atoms with Crippen LogP contribution in [0.5, 0.6) is 17.2 Å². The van der Waals surface area contributed by atoms with Crippen LogP contribution in [0.1, 0.15) is 43.0 Å². The van der Waals surface area contributed by atoms with E-state index in [2.05, 4.69) is 5.32 Å². The number of phenols is 1. The van der Waals surface area contributed by atoms with Gasteiger partial charge in [0.1, 0.15) is 17.3 Å². The Hall–Kier alpha value is -3.94. The molecule has 36 heavy (non-hydrogen) atoms. The largest absolute Gasteiger partial charge is 0.504 e. The zero-order chi connectivity index (χ0) is 26.0. The number of halogens is 4. The standard InChI is InChI=1S/C28H23F4NO3/c1-14-13-27(2,3)33-18-9-8-16-23(22(14)18)21(36-20-11-10-19(34)26(35-4)24(16)20)12-15-6-5-7-17(25(15)29)28(30,31)32/h5-13,33-34H,1-4H3/b21-12-. The highest BCUT2D eigenvalue weighted by Crippen LogP contribution is 2.54. The van der Waals surface area contributed by atoms with Crippen molar-refractivity contribution in [2.75, 3.05) is 12.4 Å². The lowest BCUT2D eigenvalue weighted by atomic mass is 9.82. The van der Waals surface area contributed by atoms with E-state index in [1.165, 1.54) is 31.4 Å². The Morgan fingerprint density at radius 1 is 1.03 bits per heavy atom. The molecule has 3 aromatic carbocycles. The van der Waals surface area contributed by atoms with Crippen LogP contribution < -0.4 is 14.8 Å². The highest BCUT2D eigenvalue weighted by molar-refractivity contribution is 6.02. The summed E-state index contributed by atoms with van der Waals surface area (Å²) < 4.78 is 66.7. The summed E-state index contributed by atoms with van der Waals surface area (Å²) in [6.07, 6.45) is -1.53. The summed E-state index contributed by atoms with van der Waals surface area (Å²) in [4.78, 5) is 0. The van der Waals surface area contributed by atoms with Crippen LogP contribution in [-0.2, 0) is 6.18 Å². The molecule has 0 saturated heterocycles. The molecule has 2 aliphatic heterocycles. The van der Waals surface area contributed by atoms with Crippen molar-refractivity contribution in [3.63, 3.8) is 0 Å². The maximum Gasteiger partial charge on any atom is 0.419 e. The quantitative estimate of drug-likeness (QED) is 0.356. The third-order valence-corrected chi connectivity index (χ3v) is 6.29. The van der Waals surface area contributed by atoms with Crippen LogP contribution in [0.3, 0.4) is 0 Å². The van der Waals surface area contributed by atoms with E-state index < -0.39 is 17.6 Å². The SMILES string of the molecule is COc1c(O)ccc2c1-c1ccc3c(c1/C(=C/c1cccc(C(F)(F)F)c1F)O2)C(C)=CC(C)(C)N3. The van der Waals surface area contributed by atoms with E-state index in [-0.39, 0.29) is 28.4 Å². The fourth-order valence-electron chi connectivity index (χ4n) is 4.97. The zero-order valence-electron chi connectivity index (χ0n) is 20.0. The highest BCUT2D eigenvalue weighted by atomic mass is 19.4. The molecule has 0 atom stereocenters. The number of allylic oxidation sites excluding steroid dienone is 1. The van der Waals surface area contributed by atoms with Crippen LogP contribution in [0.2, 0.25) is 0 Å². The van der Waals surface area contributed by atoms with Crippen molar-refractivity contribution >= 4 is 23.1 Å². The second-order valence-electron chi connectivity index (χ2n) is 9.39. The average Bonchev–Trinajstić information content (AvgIpc) is 2.78. The molecule has 0 fully saturated rings. The molecule has 0 aliphatic carbocycles. The number of ether oxygens (including phenoxy) is 2. The minimum Gasteiger partial charge on any atom is -0.504 e. The van der Waals surface area contributed by atoms with Crippen LogP contribution >= 0.6 is 0 Å². The predicted molar refractivity (Wildman–Crippen MR) is 131 cm³/mol. The number of hydrogen-bond acceptors (Lipinski definition) is 4. The van der Waals surface area contributed by atoms with E-state index >= 15 is 0 Å². The van der Waals surface area contributed by atoms with Crippen LogP contribution in [0.4, 0.5) is 23.2 Å². The Morgan fingerprint density at radius 3 is 2.47 bits per heavy atom. The molecule has 2 N–H and O–H groups in total. The Kier molecular flexibility index (Phi) is 5.32. The van der Waals surface area contributed by atoms with Crippen molar-refractivity contribution < 1.29 is 32.1 Å². The molecule has 8 heteroatoms. The van der Waals surface area contributed by atoms with Gasteiger partial charge in [-0.25, -0.2) is 4.39 Å². The summed E-state index contributed by atoms with van der Waals surface area (Å²) in [5.41, 5.74) is 2.20. The summed E-state index contributed by atoms with van der Waals surface area (Å²) in [5.74, 6) is -0.779. The first-order valence-corrected chi connectivity index (χ1v) is 11.2. The van der Waals surface area contributed by atoms with Crippen LogP contribution in [0, 0.1) is 5.82 Å². The highest BCUT2D eigenvalue weighted by Gasteiger charge is 2.36. The van der Waals surface area contributed by atoms with E-state index in [0.29, 0.717) is 28.5 Å². The van der Waals surface area contributed by atoms with E-state index in [1.54, 1.807) is 0 Å². The molecule has 2 aliphatic rings. The van der Waals surface area contributed by atoms with Crippen molar-refractivity contribution in [2.45, 2.75) is 32.5 Å². The maximum absolute atomic E-state index is 15.0. The molecular formula is C28H23F4NO3. The van der Waals surface area contributed by atoms with Gasteiger partial charge in [-0.05, 0) is 56.7 Å². The molecule has 3 aromatic rings. The van der Waals surface area contributed by atoms with Gasteiger partial charge in [-0.2, -0.15) is 13.2 Å². The lowest BCUT2D eigenvalue weighted by molar-refractivity contribution is -0.140. The fourth-order valence-corrected chi connectivity index (χ4v) is 4.97. The minimum atomic E-state index is -4.84.